The van der Waals surface area contributed by atoms with Crippen molar-refractivity contribution in [3.05, 3.63) is 75.6 Å². The number of hydrogen-bond acceptors (Lipinski definition) is 7. The van der Waals surface area contributed by atoms with E-state index in [9.17, 15) is 4.79 Å². The van der Waals surface area contributed by atoms with Gasteiger partial charge in [0.05, 0.1) is 35.6 Å². The van der Waals surface area contributed by atoms with Gasteiger partial charge < -0.3 is 23.9 Å². The van der Waals surface area contributed by atoms with Gasteiger partial charge in [-0.15, -0.1) is 0 Å². The Morgan fingerprint density at radius 2 is 2.03 bits per heavy atom. The van der Waals surface area contributed by atoms with Crippen molar-refractivity contribution in [2.24, 2.45) is 0 Å². The van der Waals surface area contributed by atoms with E-state index in [2.05, 4.69) is 51.0 Å². The molecule has 4 rings (SSSR count). The van der Waals surface area contributed by atoms with Gasteiger partial charge in [0.15, 0.2) is 5.69 Å². The monoisotopic (exact) mass is 602 g/mol. The van der Waals surface area contributed by atoms with Crippen LogP contribution in [-0.2, 0) is 16.2 Å². The van der Waals surface area contributed by atoms with E-state index in [-0.39, 0.29) is 12.3 Å². The van der Waals surface area contributed by atoms with E-state index in [0.717, 1.165) is 23.7 Å². The van der Waals surface area contributed by atoms with Gasteiger partial charge in [0.1, 0.15) is 18.3 Å². The minimum absolute atomic E-state index is 0.00462. The second-order valence-electron chi connectivity index (χ2n) is 10.2. The molecule has 2 aromatic heterocycles. The van der Waals surface area contributed by atoms with Crippen molar-refractivity contribution in [3.8, 4) is 0 Å². The first-order valence-electron chi connectivity index (χ1n) is 12.4. The van der Waals surface area contributed by atoms with Gasteiger partial charge in [-0.1, -0.05) is 46.8 Å². The van der Waals surface area contributed by atoms with Crippen LogP contribution in [0.4, 0.5) is 10.1 Å². The Bertz CT molecular complexity index is 1430. The zero-order valence-corrected chi connectivity index (χ0v) is 24.8. The Hall–Kier alpha value is -3.02. The molecular formula is C27H32BrFN4O4Si. The normalized spacial score (nSPS) is 12.6. The standard InChI is InChI=1S/C27H32BrFN4O4Si/c1-6-36-27(34)26-24(17(2)37-32-26)25(20-9-7-18(28)13-21(20)29)31-19-8-10-23-22(14-19)30-15-33(23)16-35-11-12-38(3,4)5/h7-10,13-15,25,31H,6,11-12,16H2,1-5H3. The number of halogens is 2. The van der Waals surface area contributed by atoms with Gasteiger partial charge in [0.2, 0.25) is 0 Å². The van der Waals surface area contributed by atoms with E-state index in [1.165, 1.54) is 6.07 Å². The highest BCUT2D eigenvalue weighted by Crippen LogP contribution is 2.35. The van der Waals surface area contributed by atoms with Gasteiger partial charge >= 0.3 is 5.97 Å². The Labute approximate surface area is 230 Å². The average Bonchev–Trinajstić information content (AvgIpc) is 3.43. The van der Waals surface area contributed by atoms with Gasteiger partial charge in [-0.2, -0.15) is 0 Å². The Morgan fingerprint density at radius 3 is 2.74 bits per heavy atom. The first-order chi connectivity index (χ1) is 18.1. The van der Waals surface area contributed by atoms with Crippen LogP contribution in [-0.4, -0.2) is 42.0 Å². The predicted octanol–water partition coefficient (Wildman–Crippen LogP) is 6.92. The fraction of sp³-hybridized carbons (Fsp3) is 0.370. The number of carbonyl (C=O) groups is 1. The zero-order chi connectivity index (χ0) is 27.4. The molecule has 0 amide bonds. The molecule has 0 saturated heterocycles. The molecule has 0 spiro atoms. The molecular weight excluding hydrogens is 571 g/mol. The van der Waals surface area contributed by atoms with E-state index in [4.69, 9.17) is 14.0 Å². The number of fused-ring (bicyclic) bond motifs is 1. The maximum absolute atomic E-state index is 15.2. The molecule has 1 atom stereocenters. The molecule has 0 fully saturated rings. The highest BCUT2D eigenvalue weighted by Gasteiger charge is 2.30. The van der Waals surface area contributed by atoms with Gasteiger partial charge in [0.25, 0.3) is 0 Å². The van der Waals surface area contributed by atoms with Crippen LogP contribution >= 0.6 is 15.9 Å². The summed E-state index contributed by atoms with van der Waals surface area (Å²) in [5.41, 5.74) is 3.10. The van der Waals surface area contributed by atoms with Crippen LogP contribution in [0.25, 0.3) is 11.0 Å². The second-order valence-corrected chi connectivity index (χ2v) is 16.8. The van der Waals surface area contributed by atoms with Crippen molar-refractivity contribution < 1.29 is 23.2 Å². The highest BCUT2D eigenvalue weighted by atomic mass is 79.9. The van der Waals surface area contributed by atoms with Gasteiger partial charge in [-0.25, -0.2) is 14.2 Å². The second kappa shape index (κ2) is 11.8. The fourth-order valence-corrected chi connectivity index (χ4v) is 5.16. The Balaban J connectivity index is 1.65. The summed E-state index contributed by atoms with van der Waals surface area (Å²) in [7, 11) is -1.16. The number of ether oxygens (including phenoxy) is 2. The van der Waals surface area contributed by atoms with Crippen molar-refractivity contribution in [3.63, 3.8) is 0 Å². The van der Waals surface area contributed by atoms with Crippen LogP contribution in [0.1, 0.15) is 40.3 Å². The lowest BCUT2D eigenvalue weighted by molar-refractivity contribution is 0.0513. The summed E-state index contributed by atoms with van der Waals surface area (Å²) < 4.78 is 34.2. The van der Waals surface area contributed by atoms with Crippen molar-refractivity contribution in [2.45, 2.75) is 52.3 Å². The number of benzene rings is 2. The quantitative estimate of drug-likeness (QED) is 0.113. The number of anilines is 1. The minimum Gasteiger partial charge on any atom is -0.461 e. The third-order valence-corrected chi connectivity index (χ3v) is 8.30. The number of aryl methyl sites for hydroxylation is 1. The van der Waals surface area contributed by atoms with Crippen LogP contribution in [0.15, 0.2) is 51.7 Å². The molecule has 38 heavy (non-hydrogen) atoms. The number of carbonyl (C=O) groups excluding carboxylic acids is 1. The van der Waals surface area contributed by atoms with E-state index in [1.807, 2.05) is 22.8 Å². The number of hydrogen-bond donors (Lipinski definition) is 1. The third-order valence-electron chi connectivity index (χ3n) is 6.10. The van der Waals surface area contributed by atoms with Crippen LogP contribution < -0.4 is 5.32 Å². The van der Waals surface area contributed by atoms with Gasteiger partial charge in [-0.3, -0.25) is 0 Å². The van der Waals surface area contributed by atoms with Crippen molar-refractivity contribution in [1.82, 2.24) is 14.7 Å². The molecule has 8 nitrogen and oxygen atoms in total. The summed E-state index contributed by atoms with van der Waals surface area (Å²) in [6, 6.07) is 10.8. The molecule has 0 aliphatic carbocycles. The molecule has 0 saturated carbocycles. The number of imidazole rings is 1. The maximum atomic E-state index is 15.2. The lowest BCUT2D eigenvalue weighted by Crippen LogP contribution is -2.21. The summed E-state index contributed by atoms with van der Waals surface area (Å²) in [5, 5.41) is 7.29. The van der Waals surface area contributed by atoms with E-state index >= 15 is 4.39 Å². The highest BCUT2D eigenvalue weighted by molar-refractivity contribution is 9.10. The molecule has 1 N–H and O–H groups in total. The number of esters is 1. The van der Waals surface area contributed by atoms with Crippen LogP contribution in [0.5, 0.6) is 0 Å². The summed E-state index contributed by atoms with van der Waals surface area (Å²) in [5.74, 6) is -0.700. The Morgan fingerprint density at radius 1 is 1.24 bits per heavy atom. The molecule has 4 aromatic rings. The first-order valence-corrected chi connectivity index (χ1v) is 16.9. The van der Waals surface area contributed by atoms with E-state index < -0.39 is 25.9 Å². The number of nitrogens with zero attached hydrogens (tertiary/aromatic N) is 3. The first kappa shape index (κ1) is 28.0. The van der Waals surface area contributed by atoms with E-state index in [0.29, 0.717) is 33.8 Å². The largest absolute Gasteiger partial charge is 0.461 e. The summed E-state index contributed by atoms with van der Waals surface area (Å²) in [4.78, 5) is 17.2. The number of rotatable bonds is 11. The molecule has 0 aliphatic heterocycles. The van der Waals surface area contributed by atoms with E-state index in [1.54, 1.807) is 32.3 Å². The molecule has 11 heteroatoms. The summed E-state index contributed by atoms with van der Waals surface area (Å²) in [6.45, 7) is 11.7. The van der Waals surface area contributed by atoms with Gasteiger partial charge in [-0.05, 0) is 50.2 Å². The van der Waals surface area contributed by atoms with Crippen LogP contribution in [0.3, 0.4) is 0 Å². The molecule has 2 heterocycles. The van der Waals surface area contributed by atoms with Crippen LogP contribution in [0.2, 0.25) is 25.7 Å². The van der Waals surface area contributed by atoms with Crippen molar-refractivity contribution >= 4 is 46.7 Å². The zero-order valence-electron chi connectivity index (χ0n) is 22.2. The number of aromatic nitrogens is 3. The fourth-order valence-electron chi connectivity index (χ4n) is 4.07. The Kier molecular flexibility index (Phi) is 8.69. The lowest BCUT2D eigenvalue weighted by Gasteiger charge is -2.21. The maximum Gasteiger partial charge on any atom is 0.360 e. The van der Waals surface area contributed by atoms with Gasteiger partial charge in [0, 0.05) is 30.4 Å². The molecule has 0 bridgehead atoms. The molecule has 1 unspecified atom stereocenters. The lowest BCUT2D eigenvalue weighted by atomic mass is 9.96. The molecule has 2 aromatic carbocycles. The topological polar surface area (TPSA) is 91.4 Å². The van der Waals surface area contributed by atoms with Crippen molar-refractivity contribution in [1.29, 1.82) is 0 Å². The molecule has 0 radical (unpaired) electrons. The van der Waals surface area contributed by atoms with Crippen LogP contribution in [0, 0.1) is 12.7 Å². The average molecular weight is 604 g/mol. The molecule has 202 valence electrons. The predicted molar refractivity (Wildman–Crippen MR) is 151 cm³/mol. The molecule has 0 aliphatic rings. The summed E-state index contributed by atoms with van der Waals surface area (Å²) >= 11 is 3.31. The summed E-state index contributed by atoms with van der Waals surface area (Å²) in [6.07, 6.45) is 1.75. The SMILES string of the molecule is CCOC(=O)c1noc(C)c1C(Nc1ccc2c(c1)ncn2COCC[Si](C)(C)C)c1ccc(Br)cc1F. The number of nitrogens with one attached hydrogen (secondary N) is 1. The smallest absolute Gasteiger partial charge is 0.360 e. The van der Waals surface area contributed by atoms with Crippen molar-refractivity contribution in [2.75, 3.05) is 18.5 Å². The minimum atomic E-state index is -1.16. The third kappa shape index (κ3) is 6.51.